The van der Waals surface area contributed by atoms with Crippen LogP contribution in [0.15, 0.2) is 12.1 Å². The highest BCUT2D eigenvalue weighted by Crippen LogP contribution is 2.37. The van der Waals surface area contributed by atoms with Crippen molar-refractivity contribution in [3.63, 3.8) is 0 Å². The van der Waals surface area contributed by atoms with Crippen LogP contribution in [-0.2, 0) is 16.5 Å². The normalized spacial score (nSPS) is 17.3. The van der Waals surface area contributed by atoms with Gasteiger partial charge < -0.3 is 10.1 Å². The van der Waals surface area contributed by atoms with Crippen molar-refractivity contribution in [2.24, 2.45) is 5.41 Å². The van der Waals surface area contributed by atoms with Crippen molar-refractivity contribution < 1.29 is 9.53 Å². The first kappa shape index (κ1) is 12.4. The maximum Gasteiger partial charge on any atom is 0.230 e. The second-order valence-electron chi connectivity index (χ2n) is 4.97. The number of hydrogen-bond acceptors (Lipinski definition) is 2. The number of nitrogens with one attached hydrogen (secondary N) is 1. The zero-order chi connectivity index (χ0) is 12.6. The molecule has 0 unspecified atom stereocenters. The lowest BCUT2D eigenvalue weighted by atomic mass is 9.81. The zero-order valence-electron chi connectivity index (χ0n) is 10.3. The smallest absolute Gasteiger partial charge is 0.230 e. The molecule has 1 amide bonds. The lowest BCUT2D eigenvalue weighted by Gasteiger charge is -2.31. The number of fused-ring (bicyclic) bond motifs is 1. The topological polar surface area (TPSA) is 38.3 Å². The summed E-state index contributed by atoms with van der Waals surface area (Å²) in [5.41, 5.74) is 2.81. The van der Waals surface area contributed by atoms with Gasteiger partial charge in [0.2, 0.25) is 5.91 Å². The van der Waals surface area contributed by atoms with Gasteiger partial charge in [0.15, 0.2) is 0 Å². The molecule has 0 saturated carbocycles. The van der Waals surface area contributed by atoms with Crippen LogP contribution in [0.5, 0.6) is 5.75 Å². The Morgan fingerprint density at radius 3 is 2.76 bits per heavy atom. The van der Waals surface area contributed by atoms with E-state index in [1.54, 1.807) is 7.11 Å². The number of amides is 1. The summed E-state index contributed by atoms with van der Waals surface area (Å²) in [6.45, 7) is 3.92. The Hall–Kier alpha value is -1.03. The molecule has 1 heterocycles. The standard InChI is InChI=1S/C13H16BrNO2/c1-13(2)6-8-4-9(7-14)11(17-3)5-10(8)15-12(13)16/h4-5H,6-7H2,1-3H3,(H,15,16). The van der Waals surface area contributed by atoms with Crippen LogP contribution < -0.4 is 10.1 Å². The largest absolute Gasteiger partial charge is 0.496 e. The molecule has 0 aliphatic carbocycles. The van der Waals surface area contributed by atoms with Gasteiger partial charge in [-0.3, -0.25) is 4.79 Å². The molecule has 1 aliphatic heterocycles. The molecule has 0 aromatic heterocycles. The lowest BCUT2D eigenvalue weighted by Crippen LogP contribution is -2.37. The summed E-state index contributed by atoms with van der Waals surface area (Å²) in [6, 6.07) is 4.00. The lowest BCUT2D eigenvalue weighted by molar-refractivity contribution is -0.124. The first-order chi connectivity index (χ1) is 7.97. The van der Waals surface area contributed by atoms with E-state index in [9.17, 15) is 4.79 Å². The third-order valence-electron chi connectivity index (χ3n) is 3.15. The van der Waals surface area contributed by atoms with Crippen LogP contribution in [-0.4, -0.2) is 13.0 Å². The Balaban J connectivity index is 2.49. The fraction of sp³-hybridized carbons (Fsp3) is 0.462. The van der Waals surface area contributed by atoms with Gasteiger partial charge in [0.25, 0.3) is 0 Å². The van der Waals surface area contributed by atoms with Crippen LogP contribution >= 0.6 is 15.9 Å². The van der Waals surface area contributed by atoms with Gasteiger partial charge in [-0.25, -0.2) is 0 Å². The molecule has 2 rings (SSSR count). The number of alkyl halides is 1. The minimum Gasteiger partial charge on any atom is -0.496 e. The van der Waals surface area contributed by atoms with Gasteiger partial charge in [0, 0.05) is 28.1 Å². The quantitative estimate of drug-likeness (QED) is 0.852. The fourth-order valence-corrected chi connectivity index (χ4v) is 2.52. The molecule has 0 saturated heterocycles. The average Bonchev–Trinajstić information content (AvgIpc) is 2.28. The molecule has 1 aromatic carbocycles. The number of ether oxygens (including phenoxy) is 1. The van der Waals surface area contributed by atoms with Gasteiger partial charge in [-0.2, -0.15) is 0 Å². The van der Waals surface area contributed by atoms with Crippen molar-refractivity contribution in [1.29, 1.82) is 0 Å². The summed E-state index contributed by atoms with van der Waals surface area (Å²) < 4.78 is 5.31. The molecule has 4 heteroatoms. The van der Waals surface area contributed by atoms with E-state index in [1.807, 2.05) is 19.9 Å². The molecule has 1 aliphatic rings. The molecule has 92 valence electrons. The van der Waals surface area contributed by atoms with E-state index >= 15 is 0 Å². The SMILES string of the molecule is COc1cc2c(cc1CBr)CC(C)(C)C(=O)N2. The highest BCUT2D eigenvalue weighted by molar-refractivity contribution is 9.08. The molecule has 0 radical (unpaired) electrons. The van der Waals surface area contributed by atoms with Crippen molar-refractivity contribution in [1.82, 2.24) is 0 Å². The fourth-order valence-electron chi connectivity index (χ4n) is 2.08. The van der Waals surface area contributed by atoms with Crippen molar-refractivity contribution in [2.45, 2.75) is 25.6 Å². The molecule has 0 fully saturated rings. The number of rotatable bonds is 2. The van der Waals surface area contributed by atoms with Crippen molar-refractivity contribution in [3.05, 3.63) is 23.3 Å². The van der Waals surface area contributed by atoms with Crippen LogP contribution in [0.3, 0.4) is 0 Å². The van der Waals surface area contributed by atoms with Gasteiger partial charge in [0.1, 0.15) is 5.75 Å². The number of halogens is 1. The first-order valence-corrected chi connectivity index (χ1v) is 6.67. The van der Waals surface area contributed by atoms with Crippen LogP contribution in [0.4, 0.5) is 5.69 Å². The third kappa shape index (κ3) is 2.18. The summed E-state index contributed by atoms with van der Waals surface area (Å²) in [6.07, 6.45) is 0.762. The summed E-state index contributed by atoms with van der Waals surface area (Å²) in [5, 5.41) is 3.69. The molecule has 1 aromatic rings. The summed E-state index contributed by atoms with van der Waals surface area (Å²) in [7, 11) is 1.64. The Kier molecular flexibility index (Phi) is 3.17. The van der Waals surface area contributed by atoms with E-state index in [0.717, 1.165) is 28.8 Å². The summed E-state index contributed by atoms with van der Waals surface area (Å²) in [5.74, 6) is 0.874. The van der Waals surface area contributed by atoms with Crippen LogP contribution in [0, 0.1) is 5.41 Å². The van der Waals surface area contributed by atoms with E-state index in [4.69, 9.17) is 4.74 Å². The Morgan fingerprint density at radius 1 is 1.47 bits per heavy atom. The Labute approximate surface area is 110 Å². The van der Waals surface area contributed by atoms with Crippen LogP contribution in [0.1, 0.15) is 25.0 Å². The number of carbonyl (C=O) groups excluding carboxylic acids is 1. The Morgan fingerprint density at radius 2 is 2.18 bits per heavy atom. The van der Waals surface area contributed by atoms with Gasteiger partial charge in [-0.15, -0.1) is 0 Å². The van der Waals surface area contributed by atoms with Crippen molar-refractivity contribution >= 4 is 27.5 Å². The van der Waals surface area contributed by atoms with Crippen molar-refractivity contribution in [2.75, 3.05) is 12.4 Å². The highest BCUT2D eigenvalue weighted by Gasteiger charge is 2.33. The number of hydrogen-bond donors (Lipinski definition) is 1. The second kappa shape index (κ2) is 4.33. The number of methoxy groups -OCH3 is 1. The third-order valence-corrected chi connectivity index (χ3v) is 3.75. The molecular formula is C13H16BrNO2. The molecule has 17 heavy (non-hydrogen) atoms. The van der Waals surface area contributed by atoms with Crippen molar-refractivity contribution in [3.8, 4) is 5.75 Å². The number of carbonyl (C=O) groups is 1. The minimum atomic E-state index is -0.342. The first-order valence-electron chi connectivity index (χ1n) is 5.55. The summed E-state index contributed by atoms with van der Waals surface area (Å²) in [4.78, 5) is 11.9. The monoisotopic (exact) mass is 297 g/mol. The van der Waals surface area contributed by atoms with E-state index < -0.39 is 0 Å². The molecule has 1 N–H and O–H groups in total. The minimum absolute atomic E-state index is 0.0682. The van der Waals surface area contributed by atoms with E-state index in [1.165, 1.54) is 5.56 Å². The maximum absolute atomic E-state index is 11.9. The van der Waals surface area contributed by atoms with E-state index in [-0.39, 0.29) is 11.3 Å². The Bertz CT molecular complexity index is 469. The molecule has 0 atom stereocenters. The molecule has 3 nitrogen and oxygen atoms in total. The number of anilines is 1. The molecule has 0 spiro atoms. The number of benzene rings is 1. The van der Waals surface area contributed by atoms with Gasteiger partial charge in [0.05, 0.1) is 7.11 Å². The molecule has 0 bridgehead atoms. The van der Waals surface area contributed by atoms with Gasteiger partial charge in [-0.05, 0) is 18.1 Å². The average molecular weight is 298 g/mol. The molecular weight excluding hydrogens is 282 g/mol. The van der Waals surface area contributed by atoms with Crippen LogP contribution in [0.25, 0.3) is 0 Å². The highest BCUT2D eigenvalue weighted by atomic mass is 79.9. The summed E-state index contributed by atoms with van der Waals surface area (Å²) >= 11 is 3.45. The maximum atomic E-state index is 11.9. The predicted molar refractivity (Wildman–Crippen MR) is 71.7 cm³/mol. The zero-order valence-corrected chi connectivity index (χ0v) is 11.8. The van der Waals surface area contributed by atoms with E-state index in [0.29, 0.717) is 0 Å². The second-order valence-corrected chi connectivity index (χ2v) is 5.53. The van der Waals surface area contributed by atoms with Gasteiger partial charge in [-0.1, -0.05) is 29.8 Å². The predicted octanol–water partition coefficient (Wildman–Crippen LogP) is 3.11. The van der Waals surface area contributed by atoms with Crippen LogP contribution in [0.2, 0.25) is 0 Å². The van der Waals surface area contributed by atoms with Gasteiger partial charge >= 0.3 is 0 Å². The van der Waals surface area contributed by atoms with E-state index in [2.05, 4.69) is 27.3 Å².